The summed E-state index contributed by atoms with van der Waals surface area (Å²) >= 11 is 0. The highest BCUT2D eigenvalue weighted by Crippen LogP contribution is 2.21. The van der Waals surface area contributed by atoms with Gasteiger partial charge >= 0.3 is 0 Å². The summed E-state index contributed by atoms with van der Waals surface area (Å²) in [6.45, 7) is 4.76. The van der Waals surface area contributed by atoms with Gasteiger partial charge in [0, 0.05) is 17.7 Å². The van der Waals surface area contributed by atoms with Crippen LogP contribution in [0.1, 0.15) is 34.6 Å². The van der Waals surface area contributed by atoms with Gasteiger partial charge in [-0.2, -0.15) is 0 Å². The Morgan fingerprint density at radius 1 is 1.00 bits per heavy atom. The first-order chi connectivity index (χ1) is 10.5. The lowest BCUT2D eigenvalue weighted by Gasteiger charge is -2.08. The van der Waals surface area contributed by atoms with Crippen molar-refractivity contribution < 1.29 is 9.59 Å². The molecule has 0 radical (unpaired) electrons. The highest BCUT2D eigenvalue weighted by atomic mass is 16.2. The van der Waals surface area contributed by atoms with Gasteiger partial charge in [0.1, 0.15) is 0 Å². The highest BCUT2D eigenvalue weighted by molar-refractivity contribution is 5.95. The van der Waals surface area contributed by atoms with Crippen LogP contribution in [0.5, 0.6) is 0 Å². The molecule has 2 amide bonds. The van der Waals surface area contributed by atoms with Crippen LogP contribution >= 0.6 is 0 Å². The van der Waals surface area contributed by atoms with Crippen LogP contribution < -0.4 is 11.1 Å². The molecule has 4 nitrogen and oxygen atoms in total. The molecule has 0 aliphatic rings. The van der Waals surface area contributed by atoms with Crippen molar-refractivity contribution >= 4 is 11.8 Å². The zero-order chi connectivity index (χ0) is 16.1. The fourth-order valence-corrected chi connectivity index (χ4v) is 2.06. The molecule has 22 heavy (non-hydrogen) atoms. The zero-order valence-corrected chi connectivity index (χ0v) is 12.8. The minimum absolute atomic E-state index is 0.0777. The Bertz CT molecular complexity index is 676. The number of primary amides is 1. The average Bonchev–Trinajstić information content (AvgIpc) is 2.53. The van der Waals surface area contributed by atoms with E-state index in [0.29, 0.717) is 23.6 Å². The van der Waals surface area contributed by atoms with Crippen molar-refractivity contribution in [3.05, 3.63) is 59.7 Å². The van der Waals surface area contributed by atoms with Gasteiger partial charge in [-0.3, -0.25) is 9.59 Å². The van der Waals surface area contributed by atoms with E-state index in [-0.39, 0.29) is 5.91 Å². The van der Waals surface area contributed by atoms with Crippen molar-refractivity contribution in [3.63, 3.8) is 0 Å². The molecule has 0 bridgehead atoms. The summed E-state index contributed by atoms with van der Waals surface area (Å²) in [5.74, 6) is -0.113. The summed E-state index contributed by atoms with van der Waals surface area (Å²) in [6.07, 6.45) is 0. The average molecular weight is 296 g/mol. The zero-order valence-electron chi connectivity index (χ0n) is 12.8. The monoisotopic (exact) mass is 296 g/mol. The number of benzene rings is 2. The molecule has 0 saturated heterocycles. The Balaban J connectivity index is 2.16. The van der Waals surface area contributed by atoms with Crippen molar-refractivity contribution in [1.29, 1.82) is 0 Å². The molecule has 2 rings (SSSR count). The van der Waals surface area contributed by atoms with Gasteiger partial charge in [0.2, 0.25) is 5.91 Å². The molecule has 114 valence electrons. The Morgan fingerprint density at radius 2 is 1.68 bits per heavy atom. The van der Waals surface area contributed by atoms with Crippen LogP contribution in [0.15, 0.2) is 48.5 Å². The smallest absolute Gasteiger partial charge is 0.251 e. The number of carbonyl (C=O) groups is 2. The van der Waals surface area contributed by atoms with E-state index in [1.807, 2.05) is 18.2 Å². The van der Waals surface area contributed by atoms with Gasteiger partial charge < -0.3 is 11.1 Å². The molecule has 3 N–H and O–H groups in total. The summed E-state index contributed by atoms with van der Waals surface area (Å²) in [5.41, 5.74) is 8.21. The maximum atomic E-state index is 12.0. The molecule has 0 heterocycles. The van der Waals surface area contributed by atoms with Crippen molar-refractivity contribution in [2.75, 3.05) is 6.54 Å². The molecule has 0 unspecified atom stereocenters. The molecule has 2 aromatic rings. The SMILES string of the molecule is CC(C)CNC(=O)c1ccc(-c2cccc(C(N)=O)c2)cc1. The van der Waals surface area contributed by atoms with Crippen molar-refractivity contribution in [2.24, 2.45) is 11.7 Å². The molecule has 0 aliphatic carbocycles. The minimum atomic E-state index is -0.452. The summed E-state index contributed by atoms with van der Waals surface area (Å²) in [4.78, 5) is 23.2. The Hall–Kier alpha value is -2.62. The number of rotatable bonds is 5. The van der Waals surface area contributed by atoms with Crippen molar-refractivity contribution in [2.45, 2.75) is 13.8 Å². The fourth-order valence-electron chi connectivity index (χ4n) is 2.06. The molecular formula is C18H20N2O2. The van der Waals surface area contributed by atoms with Crippen LogP contribution in [-0.2, 0) is 0 Å². The number of amides is 2. The Kier molecular flexibility index (Phi) is 4.94. The van der Waals surface area contributed by atoms with Gasteiger partial charge in [0.05, 0.1) is 0 Å². The molecule has 0 spiro atoms. The maximum absolute atomic E-state index is 12.0. The quantitative estimate of drug-likeness (QED) is 0.890. The van der Waals surface area contributed by atoms with E-state index in [0.717, 1.165) is 11.1 Å². The molecule has 2 aromatic carbocycles. The molecule has 0 atom stereocenters. The summed E-state index contributed by atoms with van der Waals surface area (Å²) in [7, 11) is 0. The fraction of sp³-hybridized carbons (Fsp3) is 0.222. The molecule has 0 aliphatic heterocycles. The predicted molar refractivity (Wildman–Crippen MR) is 87.6 cm³/mol. The Labute approximate surface area is 130 Å². The van der Waals surface area contributed by atoms with Crippen LogP contribution in [0.3, 0.4) is 0 Å². The number of nitrogens with one attached hydrogen (secondary N) is 1. The van der Waals surface area contributed by atoms with E-state index in [1.54, 1.807) is 30.3 Å². The third-order valence-corrected chi connectivity index (χ3v) is 3.30. The number of hydrogen-bond donors (Lipinski definition) is 2. The third-order valence-electron chi connectivity index (χ3n) is 3.30. The normalized spacial score (nSPS) is 10.5. The number of nitrogens with two attached hydrogens (primary N) is 1. The first-order valence-corrected chi connectivity index (χ1v) is 7.26. The lowest BCUT2D eigenvalue weighted by Crippen LogP contribution is -2.27. The van der Waals surface area contributed by atoms with E-state index in [2.05, 4.69) is 19.2 Å². The second-order valence-corrected chi connectivity index (χ2v) is 5.63. The van der Waals surface area contributed by atoms with E-state index in [1.165, 1.54) is 0 Å². The summed E-state index contributed by atoms with van der Waals surface area (Å²) < 4.78 is 0. The van der Waals surface area contributed by atoms with Crippen molar-refractivity contribution in [3.8, 4) is 11.1 Å². The summed E-state index contributed by atoms with van der Waals surface area (Å²) in [6, 6.07) is 14.4. The van der Waals surface area contributed by atoms with Gasteiger partial charge in [-0.15, -0.1) is 0 Å². The highest BCUT2D eigenvalue weighted by Gasteiger charge is 2.07. The topological polar surface area (TPSA) is 72.2 Å². The van der Waals surface area contributed by atoms with Crippen LogP contribution in [0, 0.1) is 5.92 Å². The molecule has 4 heteroatoms. The molecule has 0 aromatic heterocycles. The van der Waals surface area contributed by atoms with Crippen LogP contribution in [-0.4, -0.2) is 18.4 Å². The maximum Gasteiger partial charge on any atom is 0.251 e. The van der Waals surface area contributed by atoms with E-state index in [4.69, 9.17) is 5.73 Å². The lowest BCUT2D eigenvalue weighted by molar-refractivity contribution is 0.0948. The second-order valence-electron chi connectivity index (χ2n) is 5.63. The van der Waals surface area contributed by atoms with E-state index >= 15 is 0 Å². The second kappa shape index (κ2) is 6.89. The first-order valence-electron chi connectivity index (χ1n) is 7.26. The molecule has 0 fully saturated rings. The van der Waals surface area contributed by atoms with Gasteiger partial charge in [-0.05, 0) is 41.3 Å². The van der Waals surface area contributed by atoms with Gasteiger partial charge in [-0.1, -0.05) is 38.1 Å². The first kappa shape index (κ1) is 15.8. The number of hydrogen-bond acceptors (Lipinski definition) is 2. The van der Waals surface area contributed by atoms with E-state index in [9.17, 15) is 9.59 Å². The van der Waals surface area contributed by atoms with Crippen LogP contribution in [0.4, 0.5) is 0 Å². The standard InChI is InChI=1S/C18H20N2O2/c1-12(2)11-20-18(22)14-8-6-13(7-9-14)15-4-3-5-16(10-15)17(19)21/h3-10,12H,11H2,1-2H3,(H2,19,21)(H,20,22). The third kappa shape index (κ3) is 3.95. The predicted octanol–water partition coefficient (Wildman–Crippen LogP) is 2.84. The van der Waals surface area contributed by atoms with Crippen molar-refractivity contribution in [1.82, 2.24) is 5.32 Å². The van der Waals surface area contributed by atoms with E-state index < -0.39 is 5.91 Å². The summed E-state index contributed by atoms with van der Waals surface area (Å²) in [5, 5.41) is 2.88. The molecule has 0 saturated carbocycles. The molecular weight excluding hydrogens is 276 g/mol. The lowest BCUT2D eigenvalue weighted by atomic mass is 10.0. The van der Waals surface area contributed by atoms with Gasteiger partial charge in [0.15, 0.2) is 0 Å². The van der Waals surface area contributed by atoms with Gasteiger partial charge in [0.25, 0.3) is 5.91 Å². The van der Waals surface area contributed by atoms with Crippen LogP contribution in [0.2, 0.25) is 0 Å². The van der Waals surface area contributed by atoms with Crippen LogP contribution in [0.25, 0.3) is 11.1 Å². The van der Waals surface area contributed by atoms with Gasteiger partial charge in [-0.25, -0.2) is 0 Å². The minimum Gasteiger partial charge on any atom is -0.366 e. The largest absolute Gasteiger partial charge is 0.366 e. The Morgan fingerprint density at radius 3 is 2.27 bits per heavy atom. The number of carbonyl (C=O) groups excluding carboxylic acids is 2.